The zero-order valence-corrected chi connectivity index (χ0v) is 11.6. The molecule has 0 aliphatic heterocycles. The van der Waals surface area contributed by atoms with Gasteiger partial charge in [0.2, 0.25) is 0 Å². The van der Waals surface area contributed by atoms with Gasteiger partial charge in [-0.15, -0.1) is 0 Å². The quantitative estimate of drug-likeness (QED) is 0.756. The molecule has 0 aromatic carbocycles. The number of hydrogen-bond donors (Lipinski definition) is 2. The number of aromatic nitrogens is 1. The Hall–Kier alpha value is -1.44. The molecule has 1 aromatic heterocycles. The Morgan fingerprint density at radius 1 is 1.47 bits per heavy atom. The molecule has 2 unspecified atom stereocenters. The van der Waals surface area contributed by atoms with Gasteiger partial charge in [-0.05, 0) is 13.8 Å². The lowest BCUT2D eigenvalue weighted by Crippen LogP contribution is -2.32. The summed E-state index contributed by atoms with van der Waals surface area (Å²) in [5.41, 5.74) is 0.426. The van der Waals surface area contributed by atoms with Crippen molar-refractivity contribution in [2.24, 2.45) is 0 Å². The molecule has 7 heteroatoms. The van der Waals surface area contributed by atoms with E-state index in [9.17, 15) is 9.90 Å². The number of hydrogen-bond acceptors (Lipinski definition) is 6. The molecule has 0 spiro atoms. The molecular weight excluding hydrogens is 252 g/mol. The van der Waals surface area contributed by atoms with Crippen LogP contribution in [-0.2, 0) is 16.1 Å². The summed E-state index contributed by atoms with van der Waals surface area (Å²) in [4.78, 5) is 12.0. The lowest BCUT2D eigenvalue weighted by molar-refractivity contribution is 0.0858. The monoisotopic (exact) mass is 272 g/mol. The third-order valence-electron chi connectivity index (χ3n) is 2.66. The van der Waals surface area contributed by atoms with E-state index < -0.39 is 12.0 Å². The van der Waals surface area contributed by atoms with Crippen molar-refractivity contribution in [2.75, 3.05) is 20.8 Å². The summed E-state index contributed by atoms with van der Waals surface area (Å²) in [5, 5.41) is 16.1. The van der Waals surface area contributed by atoms with Crippen LogP contribution in [0.2, 0.25) is 0 Å². The SMILES string of the molecule is COCc1onc(C(=O)NCC(C)OC)c1C(C)O. The van der Waals surface area contributed by atoms with Crippen molar-refractivity contribution in [2.45, 2.75) is 32.7 Å². The van der Waals surface area contributed by atoms with Crippen LogP contribution >= 0.6 is 0 Å². The van der Waals surface area contributed by atoms with Crippen LogP contribution in [0.15, 0.2) is 4.52 Å². The largest absolute Gasteiger partial charge is 0.388 e. The van der Waals surface area contributed by atoms with Crippen LogP contribution in [0.25, 0.3) is 0 Å². The molecule has 0 saturated heterocycles. The lowest BCUT2D eigenvalue weighted by atomic mass is 10.1. The van der Waals surface area contributed by atoms with Crippen molar-refractivity contribution in [1.82, 2.24) is 10.5 Å². The van der Waals surface area contributed by atoms with Crippen molar-refractivity contribution < 1.29 is 23.9 Å². The highest BCUT2D eigenvalue weighted by Crippen LogP contribution is 2.22. The van der Waals surface area contributed by atoms with Gasteiger partial charge in [-0.25, -0.2) is 0 Å². The first kappa shape index (κ1) is 15.6. The van der Waals surface area contributed by atoms with Crippen LogP contribution in [0.5, 0.6) is 0 Å². The zero-order chi connectivity index (χ0) is 14.4. The molecule has 0 fully saturated rings. The van der Waals surface area contributed by atoms with Gasteiger partial charge < -0.3 is 24.4 Å². The smallest absolute Gasteiger partial charge is 0.273 e. The molecule has 1 aromatic rings. The highest BCUT2D eigenvalue weighted by Gasteiger charge is 2.25. The minimum absolute atomic E-state index is 0.0744. The maximum Gasteiger partial charge on any atom is 0.273 e. The summed E-state index contributed by atoms with van der Waals surface area (Å²) in [5.74, 6) is -0.0617. The fourth-order valence-electron chi connectivity index (χ4n) is 1.56. The number of ether oxygens (including phenoxy) is 2. The molecule has 0 saturated carbocycles. The van der Waals surface area contributed by atoms with E-state index in [1.807, 2.05) is 6.92 Å². The van der Waals surface area contributed by atoms with Crippen LogP contribution in [0.4, 0.5) is 0 Å². The molecule has 0 bridgehead atoms. The Bertz CT molecular complexity index is 416. The zero-order valence-electron chi connectivity index (χ0n) is 11.6. The van der Waals surface area contributed by atoms with Gasteiger partial charge in [0.15, 0.2) is 11.5 Å². The van der Waals surface area contributed by atoms with E-state index in [-0.39, 0.29) is 18.4 Å². The predicted molar refractivity (Wildman–Crippen MR) is 66.7 cm³/mol. The Morgan fingerprint density at radius 2 is 2.16 bits per heavy atom. The number of methoxy groups -OCH3 is 2. The molecule has 2 atom stereocenters. The fraction of sp³-hybridized carbons (Fsp3) is 0.667. The van der Waals surface area contributed by atoms with Crippen molar-refractivity contribution in [1.29, 1.82) is 0 Å². The van der Waals surface area contributed by atoms with E-state index in [4.69, 9.17) is 14.0 Å². The van der Waals surface area contributed by atoms with E-state index >= 15 is 0 Å². The number of nitrogens with zero attached hydrogens (tertiary/aromatic N) is 1. The lowest BCUT2D eigenvalue weighted by Gasteiger charge is -2.11. The van der Waals surface area contributed by atoms with Gasteiger partial charge in [-0.1, -0.05) is 5.16 Å². The minimum Gasteiger partial charge on any atom is -0.388 e. The summed E-state index contributed by atoms with van der Waals surface area (Å²) < 4.78 is 15.0. The number of amides is 1. The van der Waals surface area contributed by atoms with Crippen molar-refractivity contribution in [3.8, 4) is 0 Å². The Balaban J connectivity index is 2.84. The van der Waals surface area contributed by atoms with E-state index in [0.29, 0.717) is 17.9 Å². The van der Waals surface area contributed by atoms with Gasteiger partial charge in [0.05, 0.1) is 17.8 Å². The first-order valence-electron chi connectivity index (χ1n) is 5.97. The molecule has 108 valence electrons. The predicted octanol–water partition coefficient (Wildman–Crippen LogP) is 0.639. The van der Waals surface area contributed by atoms with Gasteiger partial charge in [-0.3, -0.25) is 4.79 Å². The topological polar surface area (TPSA) is 93.8 Å². The number of carbonyl (C=O) groups is 1. The molecule has 19 heavy (non-hydrogen) atoms. The second-order valence-corrected chi connectivity index (χ2v) is 4.23. The highest BCUT2D eigenvalue weighted by atomic mass is 16.5. The molecular formula is C12H20N2O5. The molecule has 0 aliphatic rings. The molecule has 1 heterocycles. The maximum atomic E-state index is 12.0. The summed E-state index contributed by atoms with van der Waals surface area (Å²) in [6, 6.07) is 0. The van der Waals surface area contributed by atoms with E-state index in [0.717, 1.165) is 0 Å². The van der Waals surface area contributed by atoms with Crippen molar-refractivity contribution >= 4 is 5.91 Å². The number of nitrogens with one attached hydrogen (secondary N) is 1. The van der Waals surface area contributed by atoms with Crippen LogP contribution in [-0.4, -0.2) is 43.0 Å². The molecule has 7 nitrogen and oxygen atoms in total. The van der Waals surface area contributed by atoms with Crippen molar-refractivity contribution in [3.05, 3.63) is 17.0 Å². The summed E-state index contributed by atoms with van der Waals surface area (Å²) in [7, 11) is 3.05. The van der Waals surface area contributed by atoms with Crippen LogP contribution in [0.1, 0.15) is 41.8 Å². The Kier molecular flexibility index (Phi) is 5.94. The third-order valence-corrected chi connectivity index (χ3v) is 2.66. The summed E-state index contributed by atoms with van der Waals surface area (Å²) in [6.45, 7) is 3.87. The highest BCUT2D eigenvalue weighted by molar-refractivity contribution is 5.93. The van der Waals surface area contributed by atoms with Gasteiger partial charge in [-0.2, -0.15) is 0 Å². The van der Waals surface area contributed by atoms with Gasteiger partial charge >= 0.3 is 0 Å². The minimum atomic E-state index is -0.864. The normalized spacial score (nSPS) is 14.2. The van der Waals surface area contributed by atoms with Crippen LogP contribution in [0, 0.1) is 0 Å². The Morgan fingerprint density at radius 3 is 2.68 bits per heavy atom. The molecule has 0 radical (unpaired) electrons. The number of aliphatic hydroxyl groups excluding tert-OH is 1. The second kappa shape index (κ2) is 7.22. The second-order valence-electron chi connectivity index (χ2n) is 4.23. The number of aliphatic hydroxyl groups is 1. The average Bonchev–Trinajstić information content (AvgIpc) is 2.79. The standard InChI is InChI=1S/C12H20N2O5/c1-7(18-4)5-13-12(16)11-10(8(2)15)9(6-17-3)19-14-11/h7-8,15H,5-6H2,1-4H3,(H,13,16). The number of rotatable bonds is 7. The van der Waals surface area contributed by atoms with E-state index in [1.54, 1.807) is 14.0 Å². The summed E-state index contributed by atoms with van der Waals surface area (Å²) in [6.07, 6.45) is -0.971. The maximum absolute atomic E-state index is 12.0. The molecule has 1 rings (SSSR count). The fourth-order valence-corrected chi connectivity index (χ4v) is 1.56. The molecule has 0 aliphatic carbocycles. The van der Waals surface area contributed by atoms with Gasteiger partial charge in [0, 0.05) is 20.8 Å². The molecule has 1 amide bonds. The summed E-state index contributed by atoms with van der Waals surface area (Å²) >= 11 is 0. The van der Waals surface area contributed by atoms with E-state index in [1.165, 1.54) is 7.11 Å². The first-order valence-corrected chi connectivity index (χ1v) is 5.97. The van der Waals surface area contributed by atoms with E-state index in [2.05, 4.69) is 10.5 Å². The first-order chi connectivity index (χ1) is 9.01. The molecule has 2 N–H and O–H groups in total. The van der Waals surface area contributed by atoms with Gasteiger partial charge in [0.1, 0.15) is 6.61 Å². The average molecular weight is 272 g/mol. The Labute approximate surface area is 111 Å². The van der Waals surface area contributed by atoms with Gasteiger partial charge in [0.25, 0.3) is 5.91 Å². The van der Waals surface area contributed by atoms with Crippen LogP contribution < -0.4 is 5.32 Å². The van der Waals surface area contributed by atoms with Crippen molar-refractivity contribution in [3.63, 3.8) is 0 Å². The number of carbonyl (C=O) groups excluding carboxylic acids is 1. The van der Waals surface area contributed by atoms with Crippen LogP contribution in [0.3, 0.4) is 0 Å². The third kappa shape index (κ3) is 4.02.